The fraction of sp³-hybridized carbons (Fsp3) is 0.316. The predicted octanol–water partition coefficient (Wildman–Crippen LogP) is 2.41. The largest absolute Gasteiger partial charge is 0.497 e. The fourth-order valence-electron chi connectivity index (χ4n) is 3.00. The van der Waals surface area contributed by atoms with Crippen molar-refractivity contribution >= 4 is 21.5 Å². The van der Waals surface area contributed by atoms with E-state index in [1.54, 1.807) is 19.2 Å². The highest BCUT2D eigenvalue weighted by Crippen LogP contribution is 2.24. The van der Waals surface area contributed by atoms with Gasteiger partial charge < -0.3 is 9.64 Å². The maximum absolute atomic E-state index is 12.8. The Morgan fingerprint density at radius 2 is 1.65 bits per heavy atom. The smallest absolute Gasteiger partial charge is 0.243 e. The van der Waals surface area contributed by atoms with Gasteiger partial charge in [0.2, 0.25) is 10.0 Å². The van der Waals surface area contributed by atoms with E-state index in [-0.39, 0.29) is 10.7 Å². The van der Waals surface area contributed by atoms with Crippen LogP contribution in [0, 0.1) is 0 Å². The number of rotatable bonds is 5. The Bertz CT molecular complexity index is 886. The Labute approximate surface area is 154 Å². The Morgan fingerprint density at radius 3 is 2.23 bits per heavy atom. The summed E-state index contributed by atoms with van der Waals surface area (Å²) in [4.78, 5) is 13.7. The van der Waals surface area contributed by atoms with Gasteiger partial charge in [-0.15, -0.1) is 0 Å². The van der Waals surface area contributed by atoms with Crippen molar-refractivity contribution < 1.29 is 17.9 Å². The minimum atomic E-state index is -3.55. The van der Waals surface area contributed by atoms with Crippen molar-refractivity contribution in [2.75, 3.05) is 38.2 Å². The SMILES string of the molecule is COc1cccc(N2CCN(S(=O)(=O)c3ccc(C(C)=O)cc3)CC2)c1. The minimum Gasteiger partial charge on any atom is -0.497 e. The average molecular weight is 374 g/mol. The van der Waals surface area contributed by atoms with Gasteiger partial charge in [0.1, 0.15) is 5.75 Å². The number of anilines is 1. The van der Waals surface area contributed by atoms with Gasteiger partial charge in [0, 0.05) is 43.5 Å². The Morgan fingerprint density at radius 1 is 1.00 bits per heavy atom. The van der Waals surface area contributed by atoms with Crippen molar-refractivity contribution in [3.05, 3.63) is 54.1 Å². The molecule has 1 heterocycles. The second kappa shape index (κ2) is 7.47. The highest BCUT2D eigenvalue weighted by Gasteiger charge is 2.28. The summed E-state index contributed by atoms with van der Waals surface area (Å²) in [5, 5.41) is 0. The van der Waals surface area contributed by atoms with Crippen LogP contribution in [0.3, 0.4) is 0 Å². The van der Waals surface area contributed by atoms with Crippen LogP contribution in [0.4, 0.5) is 5.69 Å². The Balaban J connectivity index is 1.71. The number of carbonyl (C=O) groups is 1. The maximum atomic E-state index is 12.8. The van der Waals surface area contributed by atoms with E-state index in [0.29, 0.717) is 31.7 Å². The third-order valence-corrected chi connectivity index (χ3v) is 6.47. The maximum Gasteiger partial charge on any atom is 0.243 e. The molecule has 3 rings (SSSR count). The zero-order valence-corrected chi connectivity index (χ0v) is 15.7. The monoisotopic (exact) mass is 374 g/mol. The number of sulfonamides is 1. The molecule has 2 aromatic rings. The van der Waals surface area contributed by atoms with Crippen LogP contribution in [-0.2, 0) is 10.0 Å². The minimum absolute atomic E-state index is 0.0825. The molecule has 0 saturated carbocycles. The molecule has 0 radical (unpaired) electrons. The molecule has 0 bridgehead atoms. The number of methoxy groups -OCH3 is 1. The molecule has 6 nitrogen and oxygen atoms in total. The molecule has 1 fully saturated rings. The summed E-state index contributed by atoms with van der Waals surface area (Å²) >= 11 is 0. The van der Waals surface area contributed by atoms with Crippen molar-refractivity contribution in [3.63, 3.8) is 0 Å². The lowest BCUT2D eigenvalue weighted by Gasteiger charge is -2.35. The summed E-state index contributed by atoms with van der Waals surface area (Å²) in [5.41, 5.74) is 1.53. The van der Waals surface area contributed by atoms with Crippen LogP contribution in [0.25, 0.3) is 0 Å². The van der Waals surface area contributed by atoms with Gasteiger partial charge >= 0.3 is 0 Å². The van der Waals surface area contributed by atoms with Crippen LogP contribution in [0.1, 0.15) is 17.3 Å². The van der Waals surface area contributed by atoms with Gasteiger partial charge in [0.15, 0.2) is 5.78 Å². The van der Waals surface area contributed by atoms with Crippen molar-refractivity contribution in [1.82, 2.24) is 4.31 Å². The molecule has 0 atom stereocenters. The van der Waals surface area contributed by atoms with Crippen LogP contribution >= 0.6 is 0 Å². The van der Waals surface area contributed by atoms with E-state index in [4.69, 9.17) is 4.74 Å². The molecule has 0 N–H and O–H groups in total. The van der Waals surface area contributed by atoms with E-state index in [0.717, 1.165) is 11.4 Å². The zero-order valence-electron chi connectivity index (χ0n) is 14.9. The summed E-state index contributed by atoms with van der Waals surface area (Å²) in [7, 11) is -1.93. The second-order valence-corrected chi connectivity index (χ2v) is 8.11. The van der Waals surface area contributed by atoms with Gasteiger partial charge in [-0.1, -0.05) is 18.2 Å². The van der Waals surface area contributed by atoms with Gasteiger partial charge in [-0.05, 0) is 31.2 Å². The Kier molecular flexibility index (Phi) is 5.29. The first kappa shape index (κ1) is 18.4. The zero-order chi connectivity index (χ0) is 18.7. The molecule has 0 spiro atoms. The molecule has 0 unspecified atom stereocenters. The molecular weight excluding hydrogens is 352 g/mol. The number of nitrogens with zero attached hydrogens (tertiary/aromatic N) is 2. The molecule has 26 heavy (non-hydrogen) atoms. The van der Waals surface area contributed by atoms with Crippen LogP contribution in [0.2, 0.25) is 0 Å². The molecule has 138 valence electrons. The predicted molar refractivity (Wildman–Crippen MR) is 100 cm³/mol. The molecule has 2 aromatic carbocycles. The summed E-state index contributed by atoms with van der Waals surface area (Å²) in [5.74, 6) is 0.698. The number of hydrogen-bond acceptors (Lipinski definition) is 5. The van der Waals surface area contributed by atoms with E-state index in [2.05, 4.69) is 4.90 Å². The van der Waals surface area contributed by atoms with Crippen molar-refractivity contribution in [2.45, 2.75) is 11.8 Å². The average Bonchev–Trinajstić information content (AvgIpc) is 2.68. The first-order valence-corrected chi connectivity index (χ1v) is 9.86. The van der Waals surface area contributed by atoms with Crippen molar-refractivity contribution in [3.8, 4) is 5.75 Å². The number of benzene rings is 2. The number of piperazine rings is 1. The number of carbonyl (C=O) groups excluding carboxylic acids is 1. The lowest BCUT2D eigenvalue weighted by atomic mass is 10.2. The van der Waals surface area contributed by atoms with E-state index in [9.17, 15) is 13.2 Å². The second-order valence-electron chi connectivity index (χ2n) is 6.17. The Hall–Kier alpha value is -2.38. The van der Waals surface area contributed by atoms with Gasteiger partial charge in [-0.25, -0.2) is 8.42 Å². The third-order valence-electron chi connectivity index (χ3n) is 4.56. The number of ether oxygens (including phenoxy) is 1. The van der Waals surface area contributed by atoms with Crippen LogP contribution in [-0.4, -0.2) is 51.8 Å². The lowest BCUT2D eigenvalue weighted by molar-refractivity contribution is 0.101. The molecule has 7 heteroatoms. The summed E-state index contributed by atoms with van der Waals surface area (Å²) in [6, 6.07) is 13.9. The molecule has 0 aromatic heterocycles. The number of Topliss-reactive ketones (excluding diaryl/α,β-unsaturated/α-hetero) is 1. The number of hydrogen-bond donors (Lipinski definition) is 0. The number of ketones is 1. The van der Waals surface area contributed by atoms with Gasteiger partial charge in [0.05, 0.1) is 12.0 Å². The van der Waals surface area contributed by atoms with Crippen LogP contribution in [0.5, 0.6) is 5.75 Å². The molecule has 0 aliphatic carbocycles. The summed E-state index contributed by atoms with van der Waals surface area (Å²) < 4.78 is 32.4. The molecule has 0 amide bonds. The van der Waals surface area contributed by atoms with E-state index < -0.39 is 10.0 Å². The quantitative estimate of drug-likeness (QED) is 0.752. The first-order chi connectivity index (χ1) is 12.4. The van der Waals surface area contributed by atoms with Crippen molar-refractivity contribution in [1.29, 1.82) is 0 Å². The standard InChI is InChI=1S/C19H22N2O4S/c1-15(22)16-6-8-19(9-7-16)26(23,24)21-12-10-20(11-13-21)17-4-3-5-18(14-17)25-2/h3-9,14H,10-13H2,1-2H3. The highest BCUT2D eigenvalue weighted by molar-refractivity contribution is 7.89. The topological polar surface area (TPSA) is 66.9 Å². The highest BCUT2D eigenvalue weighted by atomic mass is 32.2. The third kappa shape index (κ3) is 3.73. The molecule has 1 saturated heterocycles. The van der Waals surface area contributed by atoms with Gasteiger partial charge in [-0.3, -0.25) is 4.79 Å². The first-order valence-electron chi connectivity index (χ1n) is 8.42. The van der Waals surface area contributed by atoms with E-state index >= 15 is 0 Å². The van der Waals surface area contributed by atoms with E-state index in [1.807, 2.05) is 24.3 Å². The normalized spacial score (nSPS) is 15.7. The lowest BCUT2D eigenvalue weighted by Crippen LogP contribution is -2.48. The summed E-state index contributed by atoms with van der Waals surface area (Å²) in [6.07, 6.45) is 0. The summed E-state index contributed by atoms with van der Waals surface area (Å²) in [6.45, 7) is 3.50. The fourth-order valence-corrected chi connectivity index (χ4v) is 4.43. The van der Waals surface area contributed by atoms with E-state index in [1.165, 1.54) is 23.4 Å². The molecule has 1 aliphatic rings. The van der Waals surface area contributed by atoms with Crippen molar-refractivity contribution in [2.24, 2.45) is 0 Å². The van der Waals surface area contributed by atoms with Gasteiger partial charge in [-0.2, -0.15) is 4.31 Å². The van der Waals surface area contributed by atoms with Crippen LogP contribution in [0.15, 0.2) is 53.4 Å². The molecule has 1 aliphatic heterocycles. The molecular formula is C19H22N2O4S. The van der Waals surface area contributed by atoms with Crippen LogP contribution < -0.4 is 9.64 Å². The van der Waals surface area contributed by atoms with Gasteiger partial charge in [0.25, 0.3) is 0 Å².